The van der Waals surface area contributed by atoms with E-state index in [1.165, 1.54) is 33.2 Å². The molecule has 3 aromatic heterocycles. The summed E-state index contributed by atoms with van der Waals surface area (Å²) in [6.07, 6.45) is 0.782. The smallest absolute Gasteiger partial charge is 0.275 e. The molecule has 0 bridgehead atoms. The molecule has 9 nitrogen and oxygen atoms in total. The fourth-order valence-electron chi connectivity index (χ4n) is 3.54. The van der Waals surface area contributed by atoms with Crippen LogP contribution in [0.5, 0.6) is 0 Å². The SMILES string of the molecule is CCc1nn2c(=O)cc(CSc3nnc(N4CCOCC4)n3Cc3ccccc3)nc2s1. The van der Waals surface area contributed by atoms with Gasteiger partial charge in [0.15, 0.2) is 5.16 Å². The third kappa shape index (κ3) is 4.41. The van der Waals surface area contributed by atoms with Gasteiger partial charge >= 0.3 is 0 Å². The Kier molecular flexibility index (Phi) is 6.19. The Morgan fingerprint density at radius 2 is 1.97 bits per heavy atom. The third-order valence-corrected chi connectivity index (χ3v) is 7.22. The van der Waals surface area contributed by atoms with Gasteiger partial charge in [-0.15, -0.1) is 10.2 Å². The van der Waals surface area contributed by atoms with Crippen LogP contribution < -0.4 is 10.5 Å². The summed E-state index contributed by atoms with van der Waals surface area (Å²) in [5.74, 6) is 1.37. The first-order valence-electron chi connectivity index (χ1n) is 10.5. The number of aromatic nitrogens is 6. The number of aryl methyl sites for hydroxylation is 1. The molecule has 166 valence electrons. The van der Waals surface area contributed by atoms with Crippen molar-refractivity contribution in [2.75, 3.05) is 31.2 Å². The minimum absolute atomic E-state index is 0.152. The highest BCUT2D eigenvalue weighted by Crippen LogP contribution is 2.26. The molecule has 1 aliphatic heterocycles. The molecule has 0 spiro atoms. The molecule has 0 aliphatic carbocycles. The molecule has 0 N–H and O–H groups in total. The van der Waals surface area contributed by atoms with Gasteiger partial charge < -0.3 is 9.64 Å². The van der Waals surface area contributed by atoms with Crippen LogP contribution >= 0.6 is 23.1 Å². The molecule has 1 saturated heterocycles. The van der Waals surface area contributed by atoms with E-state index in [0.717, 1.165) is 35.6 Å². The second kappa shape index (κ2) is 9.39. The highest BCUT2D eigenvalue weighted by Gasteiger charge is 2.21. The zero-order valence-corrected chi connectivity index (χ0v) is 19.3. The number of rotatable bonds is 7. The minimum Gasteiger partial charge on any atom is -0.378 e. The van der Waals surface area contributed by atoms with Crippen LogP contribution in [-0.2, 0) is 23.5 Å². The Labute approximate surface area is 193 Å². The van der Waals surface area contributed by atoms with Crippen molar-refractivity contribution in [3.05, 3.63) is 63.0 Å². The van der Waals surface area contributed by atoms with E-state index >= 15 is 0 Å². The van der Waals surface area contributed by atoms with Crippen LogP contribution in [-0.4, -0.2) is 55.7 Å². The van der Waals surface area contributed by atoms with Crippen molar-refractivity contribution in [3.8, 4) is 0 Å². The lowest BCUT2D eigenvalue weighted by molar-refractivity contribution is 0.121. The zero-order chi connectivity index (χ0) is 21.9. The quantitative estimate of drug-likeness (QED) is 0.381. The van der Waals surface area contributed by atoms with E-state index in [-0.39, 0.29) is 5.56 Å². The number of anilines is 1. The highest BCUT2D eigenvalue weighted by molar-refractivity contribution is 7.98. The van der Waals surface area contributed by atoms with E-state index in [1.54, 1.807) is 6.07 Å². The maximum absolute atomic E-state index is 12.5. The van der Waals surface area contributed by atoms with Gasteiger partial charge in [0.05, 0.1) is 25.5 Å². The van der Waals surface area contributed by atoms with Crippen molar-refractivity contribution in [2.24, 2.45) is 0 Å². The van der Waals surface area contributed by atoms with Gasteiger partial charge in [0.2, 0.25) is 10.9 Å². The summed E-state index contributed by atoms with van der Waals surface area (Å²) in [5, 5.41) is 15.0. The summed E-state index contributed by atoms with van der Waals surface area (Å²) < 4.78 is 9.02. The Hall–Kier alpha value is -2.76. The lowest BCUT2D eigenvalue weighted by atomic mass is 10.2. The van der Waals surface area contributed by atoms with Gasteiger partial charge in [0.1, 0.15) is 5.01 Å². The van der Waals surface area contributed by atoms with E-state index in [1.807, 2.05) is 25.1 Å². The van der Waals surface area contributed by atoms with Crippen molar-refractivity contribution in [1.29, 1.82) is 0 Å². The zero-order valence-electron chi connectivity index (χ0n) is 17.7. The van der Waals surface area contributed by atoms with Crippen molar-refractivity contribution < 1.29 is 4.74 Å². The van der Waals surface area contributed by atoms with Gasteiger partial charge in [-0.2, -0.15) is 9.61 Å². The van der Waals surface area contributed by atoms with Crippen LogP contribution in [0.2, 0.25) is 0 Å². The summed E-state index contributed by atoms with van der Waals surface area (Å²) in [6, 6.07) is 11.8. The second-order valence-corrected chi connectivity index (χ2v) is 9.35. The van der Waals surface area contributed by atoms with E-state index in [2.05, 4.69) is 41.9 Å². The Morgan fingerprint density at radius 3 is 2.75 bits per heavy atom. The average Bonchev–Trinajstić information content (AvgIpc) is 3.43. The van der Waals surface area contributed by atoms with Gasteiger partial charge in [-0.1, -0.05) is 60.4 Å². The van der Waals surface area contributed by atoms with Crippen LogP contribution in [0.15, 0.2) is 46.3 Å². The van der Waals surface area contributed by atoms with E-state index < -0.39 is 0 Å². The predicted octanol–water partition coefficient (Wildman–Crippen LogP) is 2.48. The van der Waals surface area contributed by atoms with E-state index in [0.29, 0.717) is 36.2 Å². The molecule has 4 heterocycles. The molecule has 1 fully saturated rings. The maximum atomic E-state index is 12.5. The minimum atomic E-state index is -0.152. The molecule has 1 aliphatic rings. The van der Waals surface area contributed by atoms with Crippen LogP contribution in [0.25, 0.3) is 4.96 Å². The summed E-state index contributed by atoms with van der Waals surface area (Å²) in [6.45, 7) is 5.64. The Balaban J connectivity index is 1.42. The molecule has 0 amide bonds. The Morgan fingerprint density at radius 1 is 1.16 bits per heavy atom. The summed E-state index contributed by atoms with van der Waals surface area (Å²) >= 11 is 2.99. The van der Waals surface area contributed by atoms with Crippen LogP contribution in [0.3, 0.4) is 0 Å². The van der Waals surface area contributed by atoms with E-state index in [4.69, 9.17) is 4.74 Å². The fraction of sp³-hybridized carbons (Fsp3) is 0.381. The first kappa shape index (κ1) is 21.1. The molecular formula is C21H23N7O2S2. The third-order valence-electron chi connectivity index (χ3n) is 5.17. The number of nitrogens with zero attached hydrogens (tertiary/aromatic N) is 7. The molecule has 0 atom stereocenters. The number of hydrogen-bond acceptors (Lipinski definition) is 9. The van der Waals surface area contributed by atoms with Crippen molar-refractivity contribution in [2.45, 2.75) is 30.8 Å². The lowest BCUT2D eigenvalue weighted by Crippen LogP contribution is -2.38. The van der Waals surface area contributed by atoms with Crippen LogP contribution in [0, 0.1) is 0 Å². The van der Waals surface area contributed by atoms with Crippen molar-refractivity contribution >= 4 is 34.0 Å². The molecule has 4 aromatic rings. The number of fused-ring (bicyclic) bond motifs is 1. The van der Waals surface area contributed by atoms with Crippen molar-refractivity contribution in [1.82, 2.24) is 29.4 Å². The Bertz CT molecular complexity index is 1260. The van der Waals surface area contributed by atoms with Gasteiger partial charge in [-0.05, 0) is 12.0 Å². The van der Waals surface area contributed by atoms with Gasteiger partial charge in [-0.3, -0.25) is 9.36 Å². The lowest BCUT2D eigenvalue weighted by Gasteiger charge is -2.28. The van der Waals surface area contributed by atoms with Gasteiger partial charge in [0.25, 0.3) is 5.56 Å². The largest absolute Gasteiger partial charge is 0.378 e. The monoisotopic (exact) mass is 469 g/mol. The predicted molar refractivity (Wildman–Crippen MR) is 125 cm³/mol. The standard InChI is InChI=1S/C21H23N7O2S2/c1-2-17-25-28-18(29)12-16(22-20(28)32-17)14-31-21-24-23-19(26-8-10-30-11-9-26)27(21)13-15-6-4-3-5-7-15/h3-7,12H,2,8-11,13-14H2,1H3. The maximum Gasteiger partial charge on any atom is 0.275 e. The number of thioether (sulfide) groups is 1. The molecule has 1 aromatic carbocycles. The molecular weight excluding hydrogens is 446 g/mol. The molecule has 0 radical (unpaired) electrons. The highest BCUT2D eigenvalue weighted by atomic mass is 32.2. The van der Waals surface area contributed by atoms with E-state index in [9.17, 15) is 4.79 Å². The topological polar surface area (TPSA) is 90.4 Å². The number of morpholine rings is 1. The molecule has 0 unspecified atom stereocenters. The first-order valence-corrected chi connectivity index (χ1v) is 12.3. The summed E-state index contributed by atoms with van der Waals surface area (Å²) in [7, 11) is 0. The van der Waals surface area contributed by atoms with Gasteiger partial charge in [-0.25, -0.2) is 4.98 Å². The molecule has 5 rings (SSSR count). The number of benzene rings is 1. The van der Waals surface area contributed by atoms with Gasteiger partial charge in [0, 0.05) is 24.9 Å². The second-order valence-electron chi connectivity index (χ2n) is 7.37. The summed E-state index contributed by atoms with van der Waals surface area (Å²) in [5.41, 5.74) is 1.74. The molecule has 11 heteroatoms. The van der Waals surface area contributed by atoms with Crippen LogP contribution in [0.1, 0.15) is 23.2 Å². The van der Waals surface area contributed by atoms with Crippen LogP contribution in [0.4, 0.5) is 5.95 Å². The first-order chi connectivity index (χ1) is 15.7. The average molecular weight is 470 g/mol. The summed E-state index contributed by atoms with van der Waals surface area (Å²) in [4.78, 5) is 20.0. The normalized spacial score (nSPS) is 14.3. The number of hydrogen-bond donors (Lipinski definition) is 0. The fourth-order valence-corrected chi connectivity index (χ4v) is 5.22. The molecule has 0 saturated carbocycles. The molecule has 32 heavy (non-hydrogen) atoms. The number of ether oxygens (including phenoxy) is 1. The van der Waals surface area contributed by atoms with Crippen molar-refractivity contribution in [3.63, 3.8) is 0 Å².